The summed E-state index contributed by atoms with van der Waals surface area (Å²) in [5.74, 6) is 1.18. The van der Waals surface area contributed by atoms with Crippen LogP contribution in [-0.2, 0) is 13.5 Å². The topological polar surface area (TPSA) is 43.8 Å². The summed E-state index contributed by atoms with van der Waals surface area (Å²) in [7, 11) is 1.95. The Kier molecular flexibility index (Phi) is 2.40. The number of hydrogen-bond donors (Lipinski definition) is 1. The molecule has 0 aliphatic carbocycles. The fraction of sp³-hybridized carbons (Fsp3) is 0.667. The van der Waals surface area contributed by atoms with Gasteiger partial charge in [0.2, 0.25) is 0 Å². The van der Waals surface area contributed by atoms with Gasteiger partial charge in [0, 0.05) is 18.3 Å². The normalized spacial score (nSPS) is 11.1. The zero-order valence-electron chi connectivity index (χ0n) is 8.26. The molecule has 1 aromatic heterocycles. The van der Waals surface area contributed by atoms with E-state index in [2.05, 4.69) is 25.9 Å². The van der Waals surface area contributed by atoms with Gasteiger partial charge in [-0.2, -0.15) is 5.10 Å². The highest BCUT2D eigenvalue weighted by molar-refractivity contribution is 5.43. The number of nitrogen functional groups attached to an aromatic ring is 1. The average Bonchev–Trinajstić information content (AvgIpc) is 2.24. The van der Waals surface area contributed by atoms with Gasteiger partial charge in [-0.1, -0.05) is 20.8 Å². The molecular formula is C9H17N3. The fourth-order valence-electron chi connectivity index (χ4n) is 1.69. The number of aryl methyl sites for hydroxylation is 1. The molecule has 1 aromatic rings. The van der Waals surface area contributed by atoms with Crippen LogP contribution in [0.3, 0.4) is 0 Å². The number of nitrogens with two attached hydrogens (primary N) is 1. The van der Waals surface area contributed by atoms with Gasteiger partial charge in [-0.15, -0.1) is 0 Å². The van der Waals surface area contributed by atoms with Gasteiger partial charge in [-0.25, -0.2) is 0 Å². The Morgan fingerprint density at radius 3 is 2.42 bits per heavy atom. The maximum atomic E-state index is 5.76. The Hall–Kier alpha value is -0.990. The number of hydrogen-bond acceptors (Lipinski definition) is 2. The highest BCUT2D eigenvalue weighted by Gasteiger charge is 2.14. The third-order valence-electron chi connectivity index (χ3n) is 2.13. The highest BCUT2D eigenvalue weighted by Crippen LogP contribution is 2.23. The molecule has 0 aromatic carbocycles. The van der Waals surface area contributed by atoms with E-state index in [9.17, 15) is 0 Å². The Labute approximate surface area is 73.6 Å². The first-order chi connectivity index (χ1) is 5.57. The molecule has 0 unspecified atom stereocenters. The van der Waals surface area contributed by atoms with Gasteiger partial charge in [-0.05, 0) is 12.3 Å². The molecule has 0 saturated carbocycles. The molecule has 1 heterocycles. The molecule has 0 spiro atoms. The van der Waals surface area contributed by atoms with Crippen molar-refractivity contribution in [1.29, 1.82) is 0 Å². The summed E-state index contributed by atoms with van der Waals surface area (Å²) in [6.45, 7) is 6.44. The van der Waals surface area contributed by atoms with Gasteiger partial charge >= 0.3 is 0 Å². The second-order valence-electron chi connectivity index (χ2n) is 3.38. The van der Waals surface area contributed by atoms with E-state index >= 15 is 0 Å². The van der Waals surface area contributed by atoms with Crippen LogP contribution in [0.15, 0.2) is 0 Å². The van der Waals surface area contributed by atoms with Crippen molar-refractivity contribution < 1.29 is 0 Å². The first kappa shape index (κ1) is 9.10. The summed E-state index contributed by atoms with van der Waals surface area (Å²) in [6, 6.07) is 0. The molecule has 68 valence electrons. The molecule has 0 amide bonds. The molecule has 1 rings (SSSR count). The quantitative estimate of drug-likeness (QED) is 0.728. The first-order valence-corrected chi connectivity index (χ1v) is 4.39. The standard InChI is InChI=1S/C9H17N3/c1-5-7-8(6(2)3)12(4)11-9(7)10/h6H,5H2,1-4H3,(H2,10,11). The van der Waals surface area contributed by atoms with Crippen LogP contribution in [0.5, 0.6) is 0 Å². The van der Waals surface area contributed by atoms with Crippen molar-refractivity contribution in [2.75, 3.05) is 5.73 Å². The predicted octanol–water partition coefficient (Wildman–Crippen LogP) is 1.69. The molecule has 0 saturated heterocycles. The molecule has 12 heavy (non-hydrogen) atoms. The van der Waals surface area contributed by atoms with E-state index in [-0.39, 0.29) is 0 Å². The lowest BCUT2D eigenvalue weighted by atomic mass is 10.0. The van der Waals surface area contributed by atoms with Gasteiger partial charge < -0.3 is 5.73 Å². The number of rotatable bonds is 2. The molecule has 3 heteroatoms. The summed E-state index contributed by atoms with van der Waals surface area (Å²) in [5.41, 5.74) is 8.22. The van der Waals surface area contributed by atoms with Crippen LogP contribution in [-0.4, -0.2) is 9.78 Å². The molecule has 0 radical (unpaired) electrons. The molecule has 0 atom stereocenters. The van der Waals surface area contributed by atoms with Gasteiger partial charge in [0.15, 0.2) is 0 Å². The molecule has 0 aliphatic rings. The Balaban J connectivity index is 3.23. The van der Waals surface area contributed by atoms with Gasteiger partial charge in [0.1, 0.15) is 5.82 Å². The number of anilines is 1. The highest BCUT2D eigenvalue weighted by atomic mass is 15.3. The lowest BCUT2D eigenvalue weighted by Crippen LogP contribution is -2.01. The minimum absolute atomic E-state index is 0.495. The first-order valence-electron chi connectivity index (χ1n) is 4.39. The van der Waals surface area contributed by atoms with E-state index in [4.69, 9.17) is 5.73 Å². The Morgan fingerprint density at radius 2 is 2.08 bits per heavy atom. The minimum Gasteiger partial charge on any atom is -0.382 e. The summed E-state index contributed by atoms with van der Waals surface area (Å²) in [5, 5.41) is 4.20. The van der Waals surface area contributed by atoms with Gasteiger partial charge in [0.25, 0.3) is 0 Å². The number of aromatic nitrogens is 2. The van der Waals surface area contributed by atoms with Crippen molar-refractivity contribution in [2.45, 2.75) is 33.1 Å². The maximum Gasteiger partial charge on any atom is 0.148 e. The van der Waals surface area contributed by atoms with Crippen molar-refractivity contribution in [1.82, 2.24) is 9.78 Å². The Bertz CT molecular complexity index is 274. The van der Waals surface area contributed by atoms with Crippen molar-refractivity contribution >= 4 is 5.82 Å². The largest absolute Gasteiger partial charge is 0.382 e. The molecule has 0 aliphatic heterocycles. The van der Waals surface area contributed by atoms with E-state index in [1.54, 1.807) is 0 Å². The summed E-state index contributed by atoms with van der Waals surface area (Å²) < 4.78 is 1.89. The minimum atomic E-state index is 0.495. The predicted molar refractivity (Wildman–Crippen MR) is 51.1 cm³/mol. The molecule has 3 nitrogen and oxygen atoms in total. The van der Waals surface area contributed by atoms with Gasteiger partial charge in [0.05, 0.1) is 0 Å². The number of nitrogens with zero attached hydrogens (tertiary/aromatic N) is 2. The second-order valence-corrected chi connectivity index (χ2v) is 3.38. The van der Waals surface area contributed by atoms with Crippen LogP contribution in [0.25, 0.3) is 0 Å². The Morgan fingerprint density at radius 1 is 1.50 bits per heavy atom. The zero-order valence-corrected chi connectivity index (χ0v) is 8.26. The second kappa shape index (κ2) is 3.17. The van der Waals surface area contributed by atoms with Crippen molar-refractivity contribution in [3.8, 4) is 0 Å². The van der Waals surface area contributed by atoms with Crippen LogP contribution in [0, 0.1) is 0 Å². The van der Waals surface area contributed by atoms with E-state index < -0.39 is 0 Å². The maximum absolute atomic E-state index is 5.76. The van der Waals surface area contributed by atoms with E-state index in [1.165, 1.54) is 11.3 Å². The fourth-order valence-corrected chi connectivity index (χ4v) is 1.69. The summed E-state index contributed by atoms with van der Waals surface area (Å²) in [6.07, 6.45) is 0.965. The molecule has 0 fully saturated rings. The van der Waals surface area contributed by atoms with Crippen molar-refractivity contribution in [3.63, 3.8) is 0 Å². The van der Waals surface area contributed by atoms with Crippen LogP contribution >= 0.6 is 0 Å². The van der Waals surface area contributed by atoms with Crippen molar-refractivity contribution in [2.24, 2.45) is 7.05 Å². The van der Waals surface area contributed by atoms with Crippen LogP contribution in [0.2, 0.25) is 0 Å². The van der Waals surface area contributed by atoms with E-state index in [0.29, 0.717) is 11.7 Å². The SMILES string of the molecule is CCc1c(N)nn(C)c1C(C)C. The average molecular weight is 167 g/mol. The van der Waals surface area contributed by atoms with Gasteiger partial charge in [-0.3, -0.25) is 4.68 Å². The monoisotopic (exact) mass is 167 g/mol. The van der Waals surface area contributed by atoms with Crippen LogP contribution in [0.1, 0.15) is 37.9 Å². The van der Waals surface area contributed by atoms with Crippen LogP contribution in [0.4, 0.5) is 5.82 Å². The molecule has 0 bridgehead atoms. The lowest BCUT2D eigenvalue weighted by Gasteiger charge is -2.07. The molecular weight excluding hydrogens is 150 g/mol. The lowest BCUT2D eigenvalue weighted by molar-refractivity contribution is 0.665. The summed E-state index contributed by atoms with van der Waals surface area (Å²) >= 11 is 0. The smallest absolute Gasteiger partial charge is 0.148 e. The summed E-state index contributed by atoms with van der Waals surface area (Å²) in [4.78, 5) is 0. The molecule has 2 N–H and O–H groups in total. The zero-order chi connectivity index (χ0) is 9.30. The van der Waals surface area contributed by atoms with E-state index in [0.717, 1.165) is 6.42 Å². The third kappa shape index (κ3) is 1.31. The van der Waals surface area contributed by atoms with Crippen molar-refractivity contribution in [3.05, 3.63) is 11.3 Å². The van der Waals surface area contributed by atoms with E-state index in [1.807, 2.05) is 11.7 Å². The third-order valence-corrected chi connectivity index (χ3v) is 2.13. The van der Waals surface area contributed by atoms with Crippen LogP contribution < -0.4 is 5.73 Å².